The summed E-state index contributed by atoms with van der Waals surface area (Å²) < 4.78 is 17.8. The molecule has 1 aromatic rings. The summed E-state index contributed by atoms with van der Waals surface area (Å²) in [7, 11) is 1.52. The van der Waals surface area contributed by atoms with Crippen LogP contribution in [0.5, 0.6) is 0 Å². The van der Waals surface area contributed by atoms with Gasteiger partial charge in [0.05, 0.1) is 13.2 Å². The number of amides is 2. The van der Waals surface area contributed by atoms with Crippen molar-refractivity contribution >= 4 is 17.5 Å². The number of nitrogens with two attached hydrogens (primary N) is 1. The molecule has 1 aromatic carbocycles. The molecule has 1 rings (SSSR count). The maximum absolute atomic E-state index is 13.0. The number of rotatable bonds is 6. The highest BCUT2D eigenvalue weighted by atomic mass is 19.1. The number of methoxy groups -OCH3 is 1. The standard InChI is InChI=1S/C12H16FN3O3/c1-19-3-2-15-11(17)7-16-12(18)8-4-9(13)6-10(14)5-8/h4-6H,2-3,7,14H2,1H3,(H,15,17)(H,16,18). The van der Waals surface area contributed by atoms with Crippen LogP contribution in [-0.2, 0) is 9.53 Å². The van der Waals surface area contributed by atoms with Crippen LogP contribution in [0.1, 0.15) is 10.4 Å². The Labute approximate surface area is 110 Å². The largest absolute Gasteiger partial charge is 0.399 e. The fraction of sp³-hybridized carbons (Fsp3) is 0.333. The number of ether oxygens (including phenoxy) is 1. The average molecular weight is 269 g/mol. The van der Waals surface area contributed by atoms with Gasteiger partial charge in [-0.1, -0.05) is 0 Å². The summed E-state index contributed by atoms with van der Waals surface area (Å²) in [5.41, 5.74) is 5.64. The van der Waals surface area contributed by atoms with Crippen LogP contribution in [-0.4, -0.2) is 38.6 Å². The van der Waals surface area contributed by atoms with E-state index in [1.807, 2.05) is 0 Å². The molecule has 0 unspecified atom stereocenters. The maximum Gasteiger partial charge on any atom is 0.251 e. The molecule has 0 heterocycles. The number of carbonyl (C=O) groups is 2. The highest BCUT2D eigenvalue weighted by molar-refractivity contribution is 5.97. The average Bonchev–Trinajstić information content (AvgIpc) is 2.35. The lowest BCUT2D eigenvalue weighted by Gasteiger charge is -2.07. The van der Waals surface area contributed by atoms with Crippen LogP contribution >= 0.6 is 0 Å². The monoisotopic (exact) mass is 269 g/mol. The Morgan fingerprint density at radius 1 is 1.32 bits per heavy atom. The van der Waals surface area contributed by atoms with E-state index < -0.39 is 11.7 Å². The molecule has 0 aliphatic heterocycles. The first-order valence-corrected chi connectivity index (χ1v) is 5.63. The van der Waals surface area contributed by atoms with Crippen molar-refractivity contribution in [2.45, 2.75) is 0 Å². The number of hydrogen-bond acceptors (Lipinski definition) is 4. The van der Waals surface area contributed by atoms with E-state index in [4.69, 9.17) is 10.5 Å². The second-order valence-electron chi connectivity index (χ2n) is 3.80. The molecule has 0 aliphatic rings. The molecule has 7 heteroatoms. The zero-order valence-electron chi connectivity index (χ0n) is 10.5. The Hall–Kier alpha value is -2.15. The van der Waals surface area contributed by atoms with E-state index in [0.717, 1.165) is 12.1 Å². The van der Waals surface area contributed by atoms with E-state index in [-0.39, 0.29) is 23.7 Å². The predicted molar refractivity (Wildman–Crippen MR) is 68.0 cm³/mol. The van der Waals surface area contributed by atoms with Gasteiger partial charge in [-0.25, -0.2) is 4.39 Å². The predicted octanol–water partition coefficient (Wildman–Crippen LogP) is -0.0997. The van der Waals surface area contributed by atoms with Crippen molar-refractivity contribution in [3.63, 3.8) is 0 Å². The third kappa shape index (κ3) is 5.35. The molecule has 104 valence electrons. The number of nitrogens with one attached hydrogen (secondary N) is 2. The minimum Gasteiger partial charge on any atom is -0.399 e. The van der Waals surface area contributed by atoms with E-state index in [1.165, 1.54) is 13.2 Å². The minimum absolute atomic E-state index is 0.0715. The number of hydrogen-bond donors (Lipinski definition) is 3. The van der Waals surface area contributed by atoms with Crippen LogP contribution in [0, 0.1) is 5.82 Å². The molecule has 0 bridgehead atoms. The van der Waals surface area contributed by atoms with Crippen LogP contribution in [0.4, 0.5) is 10.1 Å². The Bertz CT molecular complexity index is 445. The van der Waals surface area contributed by atoms with Crippen molar-refractivity contribution in [3.8, 4) is 0 Å². The first-order chi connectivity index (χ1) is 9.02. The van der Waals surface area contributed by atoms with Gasteiger partial charge in [0.25, 0.3) is 5.91 Å². The molecular formula is C12H16FN3O3. The molecule has 0 aliphatic carbocycles. The summed E-state index contributed by atoms with van der Waals surface area (Å²) in [5, 5.41) is 4.90. The summed E-state index contributed by atoms with van der Waals surface area (Å²) >= 11 is 0. The lowest BCUT2D eigenvalue weighted by atomic mass is 10.2. The van der Waals surface area contributed by atoms with Crippen molar-refractivity contribution in [1.29, 1.82) is 0 Å². The molecule has 0 atom stereocenters. The third-order valence-corrected chi connectivity index (χ3v) is 2.22. The van der Waals surface area contributed by atoms with Gasteiger partial charge in [-0.2, -0.15) is 0 Å². The third-order valence-electron chi connectivity index (χ3n) is 2.22. The van der Waals surface area contributed by atoms with Crippen LogP contribution in [0.25, 0.3) is 0 Å². The zero-order chi connectivity index (χ0) is 14.3. The fourth-order valence-corrected chi connectivity index (χ4v) is 1.36. The molecule has 2 amide bonds. The number of anilines is 1. The topological polar surface area (TPSA) is 93.5 Å². The molecule has 4 N–H and O–H groups in total. The molecule has 19 heavy (non-hydrogen) atoms. The highest BCUT2D eigenvalue weighted by Gasteiger charge is 2.09. The fourth-order valence-electron chi connectivity index (χ4n) is 1.36. The smallest absolute Gasteiger partial charge is 0.251 e. The summed E-state index contributed by atoms with van der Waals surface area (Å²) in [6, 6.07) is 3.49. The van der Waals surface area contributed by atoms with Crippen molar-refractivity contribution < 1.29 is 18.7 Å². The van der Waals surface area contributed by atoms with Crippen molar-refractivity contribution in [2.24, 2.45) is 0 Å². The van der Waals surface area contributed by atoms with Crippen LogP contribution in [0.3, 0.4) is 0 Å². The van der Waals surface area contributed by atoms with Gasteiger partial charge in [-0.15, -0.1) is 0 Å². The minimum atomic E-state index is -0.602. The second-order valence-corrected chi connectivity index (χ2v) is 3.80. The van der Waals surface area contributed by atoms with Crippen molar-refractivity contribution in [3.05, 3.63) is 29.6 Å². The SMILES string of the molecule is COCCNC(=O)CNC(=O)c1cc(N)cc(F)c1. The van der Waals surface area contributed by atoms with Gasteiger partial charge < -0.3 is 21.1 Å². The highest BCUT2D eigenvalue weighted by Crippen LogP contribution is 2.10. The molecule has 0 saturated heterocycles. The number of carbonyl (C=O) groups excluding carboxylic acids is 2. The Morgan fingerprint density at radius 2 is 2.05 bits per heavy atom. The molecular weight excluding hydrogens is 253 g/mol. The van der Waals surface area contributed by atoms with Gasteiger partial charge in [0.2, 0.25) is 5.91 Å². The Kier molecular flexibility index (Phi) is 5.74. The van der Waals surface area contributed by atoms with Gasteiger partial charge in [0, 0.05) is 24.9 Å². The molecule has 0 fully saturated rings. The molecule has 0 spiro atoms. The van der Waals surface area contributed by atoms with Crippen LogP contribution < -0.4 is 16.4 Å². The normalized spacial score (nSPS) is 10.0. The lowest BCUT2D eigenvalue weighted by molar-refractivity contribution is -0.120. The van der Waals surface area contributed by atoms with Crippen molar-refractivity contribution in [1.82, 2.24) is 10.6 Å². The molecule has 0 aromatic heterocycles. The number of benzene rings is 1. The van der Waals surface area contributed by atoms with E-state index in [1.54, 1.807) is 0 Å². The van der Waals surface area contributed by atoms with Gasteiger partial charge in [0.1, 0.15) is 5.82 Å². The lowest BCUT2D eigenvalue weighted by Crippen LogP contribution is -2.38. The van der Waals surface area contributed by atoms with Crippen LogP contribution in [0.2, 0.25) is 0 Å². The van der Waals surface area contributed by atoms with E-state index in [2.05, 4.69) is 10.6 Å². The summed E-state index contributed by atoms with van der Waals surface area (Å²) in [6.45, 7) is 0.553. The van der Waals surface area contributed by atoms with Crippen LogP contribution in [0.15, 0.2) is 18.2 Å². The van der Waals surface area contributed by atoms with Gasteiger partial charge >= 0.3 is 0 Å². The number of nitrogen functional groups attached to an aromatic ring is 1. The van der Waals surface area contributed by atoms with E-state index in [0.29, 0.717) is 13.2 Å². The first-order valence-electron chi connectivity index (χ1n) is 5.63. The van der Waals surface area contributed by atoms with E-state index in [9.17, 15) is 14.0 Å². The number of halogens is 1. The zero-order valence-corrected chi connectivity index (χ0v) is 10.5. The molecule has 6 nitrogen and oxygen atoms in total. The Morgan fingerprint density at radius 3 is 2.68 bits per heavy atom. The maximum atomic E-state index is 13.0. The first kappa shape index (κ1) is 14.9. The van der Waals surface area contributed by atoms with Gasteiger partial charge in [-0.05, 0) is 18.2 Å². The summed E-state index contributed by atoms with van der Waals surface area (Å²) in [6.07, 6.45) is 0. The van der Waals surface area contributed by atoms with Gasteiger partial charge in [0.15, 0.2) is 0 Å². The molecule has 0 saturated carbocycles. The van der Waals surface area contributed by atoms with Gasteiger partial charge in [-0.3, -0.25) is 9.59 Å². The summed E-state index contributed by atoms with van der Waals surface area (Å²) in [5.74, 6) is -1.52. The molecule has 0 radical (unpaired) electrons. The quantitative estimate of drug-likeness (QED) is 0.496. The van der Waals surface area contributed by atoms with E-state index >= 15 is 0 Å². The Balaban J connectivity index is 2.44. The summed E-state index contributed by atoms with van der Waals surface area (Å²) in [4.78, 5) is 23.0. The second kappa shape index (κ2) is 7.32. The van der Waals surface area contributed by atoms with Crippen molar-refractivity contribution in [2.75, 3.05) is 32.5 Å².